The second kappa shape index (κ2) is 8.16. The molecule has 144 valence electrons. The van der Waals surface area contributed by atoms with E-state index in [0.29, 0.717) is 51.9 Å². The minimum absolute atomic E-state index is 0.000203. The Bertz CT molecular complexity index is 864. The van der Waals surface area contributed by atoms with Crippen LogP contribution in [0, 0.1) is 0 Å². The summed E-state index contributed by atoms with van der Waals surface area (Å²) in [6.45, 7) is 1.14. The predicted molar refractivity (Wildman–Crippen MR) is 106 cm³/mol. The summed E-state index contributed by atoms with van der Waals surface area (Å²) in [7, 11) is 3.20. The van der Waals surface area contributed by atoms with E-state index in [2.05, 4.69) is 20.6 Å². The zero-order valence-corrected chi connectivity index (χ0v) is 16.4. The topological polar surface area (TPSA) is 105 Å². The van der Waals surface area contributed by atoms with Gasteiger partial charge in [0.2, 0.25) is 5.95 Å². The van der Waals surface area contributed by atoms with E-state index in [0.717, 1.165) is 6.42 Å². The quantitative estimate of drug-likeness (QED) is 0.695. The van der Waals surface area contributed by atoms with Crippen LogP contribution in [0.2, 0.25) is 10.0 Å². The van der Waals surface area contributed by atoms with Crippen LogP contribution in [0.3, 0.4) is 0 Å². The lowest BCUT2D eigenvalue weighted by atomic mass is 10.1. The molecule has 0 radical (unpaired) electrons. The van der Waals surface area contributed by atoms with Crippen molar-refractivity contribution < 1.29 is 9.53 Å². The molecule has 8 nitrogen and oxygen atoms in total. The molecule has 1 atom stereocenters. The number of hydrogen-bond acceptors (Lipinski definition) is 7. The summed E-state index contributed by atoms with van der Waals surface area (Å²) < 4.78 is 5.40. The zero-order chi connectivity index (χ0) is 19.6. The molecule has 1 aromatic heterocycles. The first-order valence-electron chi connectivity index (χ1n) is 8.32. The molecule has 1 aliphatic rings. The Labute approximate surface area is 167 Å². The Kier molecular flexibility index (Phi) is 5.88. The van der Waals surface area contributed by atoms with Gasteiger partial charge < -0.3 is 26.0 Å². The van der Waals surface area contributed by atoms with Crippen LogP contribution in [-0.4, -0.2) is 54.1 Å². The van der Waals surface area contributed by atoms with Crippen molar-refractivity contribution in [3.8, 4) is 5.75 Å². The number of nitrogens with two attached hydrogens (primary N) is 1. The molecule has 1 saturated heterocycles. The molecule has 0 aliphatic carbocycles. The molecule has 10 heteroatoms. The zero-order valence-electron chi connectivity index (χ0n) is 14.9. The SMILES string of the molecule is CNc1nc(Nc2cc(OC)c(C(=O)N3CCC(N)C3)cc2Cl)ncc1Cl. The van der Waals surface area contributed by atoms with Crippen LogP contribution in [0.1, 0.15) is 16.8 Å². The smallest absolute Gasteiger partial charge is 0.257 e. The Morgan fingerprint density at radius 2 is 2.15 bits per heavy atom. The van der Waals surface area contributed by atoms with Gasteiger partial charge in [-0.25, -0.2) is 4.98 Å². The molecule has 0 spiro atoms. The number of hydrogen-bond donors (Lipinski definition) is 3. The first-order valence-corrected chi connectivity index (χ1v) is 9.08. The average Bonchev–Trinajstić information content (AvgIpc) is 3.10. The predicted octanol–water partition coefficient (Wildman–Crippen LogP) is 2.75. The van der Waals surface area contributed by atoms with E-state index in [1.165, 1.54) is 13.3 Å². The Hall–Kier alpha value is -2.29. The standard InChI is InChI=1S/C17H20Cl2N6O2/c1-21-15-12(19)7-22-17(24-15)23-13-6-14(27-2)10(5-11(13)18)16(26)25-4-3-9(20)8-25/h5-7,9H,3-4,8,20H2,1-2H3,(H2,21,22,23,24). The van der Waals surface area contributed by atoms with Gasteiger partial charge in [0.1, 0.15) is 16.6 Å². The van der Waals surface area contributed by atoms with E-state index in [-0.39, 0.29) is 11.9 Å². The molecule has 1 aliphatic heterocycles. The highest BCUT2D eigenvalue weighted by Crippen LogP contribution is 2.34. The number of halogens is 2. The number of ether oxygens (including phenoxy) is 1. The van der Waals surface area contributed by atoms with Gasteiger partial charge in [-0.05, 0) is 12.5 Å². The lowest BCUT2D eigenvalue weighted by molar-refractivity contribution is 0.0787. The first-order chi connectivity index (χ1) is 12.9. The van der Waals surface area contributed by atoms with Gasteiger partial charge >= 0.3 is 0 Å². The van der Waals surface area contributed by atoms with Crippen LogP contribution < -0.4 is 21.1 Å². The van der Waals surface area contributed by atoms with Crippen molar-refractivity contribution in [1.29, 1.82) is 0 Å². The number of methoxy groups -OCH3 is 1. The van der Waals surface area contributed by atoms with Crippen LogP contribution >= 0.6 is 23.2 Å². The highest BCUT2D eigenvalue weighted by molar-refractivity contribution is 6.34. The molecule has 1 fully saturated rings. The van der Waals surface area contributed by atoms with Crippen LogP contribution in [0.15, 0.2) is 18.3 Å². The number of benzene rings is 1. The van der Waals surface area contributed by atoms with E-state index in [1.54, 1.807) is 24.1 Å². The van der Waals surface area contributed by atoms with Gasteiger partial charge in [0.05, 0.1) is 29.6 Å². The van der Waals surface area contributed by atoms with Gasteiger partial charge in [-0.2, -0.15) is 4.98 Å². The number of likely N-dealkylation sites (tertiary alicyclic amines) is 1. The normalized spacial score (nSPS) is 16.3. The molecule has 1 aromatic carbocycles. The summed E-state index contributed by atoms with van der Waals surface area (Å²) in [5.41, 5.74) is 6.79. The summed E-state index contributed by atoms with van der Waals surface area (Å²) in [5.74, 6) is 1.02. The summed E-state index contributed by atoms with van der Waals surface area (Å²) in [4.78, 5) is 22.9. The van der Waals surface area contributed by atoms with Crippen LogP contribution in [0.4, 0.5) is 17.5 Å². The average molecular weight is 411 g/mol. The van der Waals surface area contributed by atoms with E-state index < -0.39 is 0 Å². The molecule has 0 saturated carbocycles. The molecular weight excluding hydrogens is 391 g/mol. The third-order valence-electron chi connectivity index (χ3n) is 4.26. The fourth-order valence-corrected chi connectivity index (χ4v) is 3.25. The van der Waals surface area contributed by atoms with Crippen LogP contribution in [-0.2, 0) is 0 Å². The number of amides is 1. The number of aromatic nitrogens is 2. The molecule has 27 heavy (non-hydrogen) atoms. The minimum Gasteiger partial charge on any atom is -0.496 e. The van der Waals surface area contributed by atoms with E-state index in [1.807, 2.05) is 0 Å². The van der Waals surface area contributed by atoms with Gasteiger partial charge in [-0.3, -0.25) is 4.79 Å². The largest absolute Gasteiger partial charge is 0.496 e. The van der Waals surface area contributed by atoms with Crippen molar-refractivity contribution >= 4 is 46.6 Å². The molecule has 2 heterocycles. The van der Waals surface area contributed by atoms with Gasteiger partial charge in [0.15, 0.2) is 0 Å². The minimum atomic E-state index is -0.159. The monoisotopic (exact) mass is 410 g/mol. The fraction of sp³-hybridized carbons (Fsp3) is 0.353. The second-order valence-electron chi connectivity index (χ2n) is 6.10. The Morgan fingerprint density at radius 3 is 2.78 bits per heavy atom. The lowest BCUT2D eigenvalue weighted by Crippen LogP contribution is -2.32. The summed E-state index contributed by atoms with van der Waals surface area (Å²) in [6.07, 6.45) is 2.26. The third-order valence-corrected chi connectivity index (χ3v) is 4.85. The summed E-state index contributed by atoms with van der Waals surface area (Å²) in [5, 5.41) is 6.63. The number of carbonyl (C=O) groups is 1. The lowest BCUT2D eigenvalue weighted by Gasteiger charge is -2.19. The first kappa shape index (κ1) is 19.5. The van der Waals surface area contributed by atoms with Crippen molar-refractivity contribution in [3.63, 3.8) is 0 Å². The maximum absolute atomic E-state index is 12.8. The van der Waals surface area contributed by atoms with Crippen molar-refractivity contribution in [2.45, 2.75) is 12.5 Å². The molecule has 0 bridgehead atoms. The number of rotatable bonds is 5. The number of nitrogens with zero attached hydrogens (tertiary/aromatic N) is 3. The van der Waals surface area contributed by atoms with Crippen LogP contribution in [0.25, 0.3) is 0 Å². The van der Waals surface area contributed by atoms with Crippen molar-refractivity contribution in [1.82, 2.24) is 14.9 Å². The second-order valence-corrected chi connectivity index (χ2v) is 6.91. The molecular formula is C17H20Cl2N6O2. The summed E-state index contributed by atoms with van der Waals surface area (Å²) >= 11 is 12.4. The Balaban J connectivity index is 1.89. The number of carbonyl (C=O) groups excluding carboxylic acids is 1. The van der Waals surface area contributed by atoms with Crippen molar-refractivity contribution in [2.75, 3.05) is 37.9 Å². The highest BCUT2D eigenvalue weighted by Gasteiger charge is 2.27. The maximum Gasteiger partial charge on any atom is 0.257 e. The van der Waals surface area contributed by atoms with Crippen molar-refractivity contribution in [2.24, 2.45) is 5.73 Å². The number of nitrogens with one attached hydrogen (secondary N) is 2. The van der Waals surface area contributed by atoms with E-state index >= 15 is 0 Å². The van der Waals surface area contributed by atoms with Crippen molar-refractivity contribution in [3.05, 3.63) is 33.9 Å². The third kappa shape index (κ3) is 4.18. The Morgan fingerprint density at radius 1 is 1.37 bits per heavy atom. The molecule has 3 rings (SSSR count). The van der Waals surface area contributed by atoms with Gasteiger partial charge in [0.25, 0.3) is 5.91 Å². The highest BCUT2D eigenvalue weighted by atomic mass is 35.5. The fourth-order valence-electron chi connectivity index (χ4n) is 2.85. The molecule has 4 N–H and O–H groups in total. The number of anilines is 3. The van der Waals surface area contributed by atoms with Gasteiger partial charge in [0, 0.05) is 32.2 Å². The van der Waals surface area contributed by atoms with E-state index in [9.17, 15) is 4.79 Å². The van der Waals surface area contributed by atoms with Crippen LogP contribution in [0.5, 0.6) is 5.75 Å². The summed E-state index contributed by atoms with van der Waals surface area (Å²) in [6, 6.07) is 3.21. The molecule has 1 amide bonds. The van der Waals surface area contributed by atoms with E-state index in [4.69, 9.17) is 33.7 Å². The molecule has 2 aromatic rings. The maximum atomic E-state index is 12.8. The molecule has 1 unspecified atom stereocenters. The van der Waals surface area contributed by atoms with Gasteiger partial charge in [-0.1, -0.05) is 23.2 Å². The van der Waals surface area contributed by atoms with Gasteiger partial charge in [-0.15, -0.1) is 0 Å².